The lowest BCUT2D eigenvalue weighted by atomic mass is 9.98. The van der Waals surface area contributed by atoms with Crippen molar-refractivity contribution in [2.45, 2.75) is 12.5 Å². The summed E-state index contributed by atoms with van der Waals surface area (Å²) in [5.41, 5.74) is 1.61. The smallest absolute Gasteiger partial charge is 0.159 e. The van der Waals surface area contributed by atoms with E-state index in [2.05, 4.69) is 5.32 Å². The lowest BCUT2D eigenvalue weighted by Crippen LogP contribution is -2.19. The molecule has 0 radical (unpaired) electrons. The zero-order valence-electron chi connectivity index (χ0n) is 11.8. The molecule has 21 heavy (non-hydrogen) atoms. The predicted molar refractivity (Wildman–Crippen MR) is 79.9 cm³/mol. The van der Waals surface area contributed by atoms with E-state index >= 15 is 0 Å². The number of hydrogen-bond acceptors (Lipinski definition) is 2. The van der Waals surface area contributed by atoms with Crippen LogP contribution >= 0.6 is 11.6 Å². The number of likely N-dealkylation sites (N-methyl/N-ethyl adjacent to an activating group) is 1. The van der Waals surface area contributed by atoms with Gasteiger partial charge in [-0.15, -0.1) is 0 Å². The minimum absolute atomic E-state index is 0.0953. The van der Waals surface area contributed by atoms with Gasteiger partial charge in [-0.3, -0.25) is 0 Å². The summed E-state index contributed by atoms with van der Waals surface area (Å²) in [4.78, 5) is 0. The van der Waals surface area contributed by atoms with Crippen LogP contribution in [-0.4, -0.2) is 14.2 Å². The first-order valence-corrected chi connectivity index (χ1v) is 6.87. The molecule has 0 heterocycles. The fourth-order valence-electron chi connectivity index (χ4n) is 2.24. The van der Waals surface area contributed by atoms with E-state index in [0.29, 0.717) is 22.8 Å². The standard InChI is InChI=1S/C16H16ClF2NO/c1-20-15(8-10-3-6-13(18)14(19)7-10)12-5-4-11(17)9-16(12)21-2/h3-7,9,15,20H,8H2,1-2H3. The van der Waals surface area contributed by atoms with Crippen molar-refractivity contribution in [3.63, 3.8) is 0 Å². The molecule has 0 bridgehead atoms. The monoisotopic (exact) mass is 311 g/mol. The highest BCUT2D eigenvalue weighted by Crippen LogP contribution is 2.30. The average Bonchev–Trinajstić information content (AvgIpc) is 2.48. The van der Waals surface area contributed by atoms with Crippen molar-refractivity contribution in [1.82, 2.24) is 5.32 Å². The fraction of sp³-hybridized carbons (Fsp3) is 0.250. The summed E-state index contributed by atoms with van der Waals surface area (Å²) >= 11 is 5.95. The molecule has 2 nitrogen and oxygen atoms in total. The SMILES string of the molecule is CNC(Cc1ccc(F)c(F)c1)c1ccc(Cl)cc1OC. The number of halogens is 3. The number of ether oxygens (including phenoxy) is 1. The summed E-state index contributed by atoms with van der Waals surface area (Å²) in [5.74, 6) is -1.03. The molecule has 2 rings (SSSR count). The third-order valence-corrected chi connectivity index (χ3v) is 3.58. The minimum Gasteiger partial charge on any atom is -0.496 e. The molecule has 1 atom stereocenters. The van der Waals surface area contributed by atoms with Crippen molar-refractivity contribution in [2.75, 3.05) is 14.2 Å². The Labute approximate surface area is 127 Å². The number of nitrogens with one attached hydrogen (secondary N) is 1. The number of rotatable bonds is 5. The third kappa shape index (κ3) is 3.71. The highest BCUT2D eigenvalue weighted by Gasteiger charge is 2.16. The summed E-state index contributed by atoms with van der Waals surface area (Å²) in [6, 6.07) is 9.19. The first-order chi connectivity index (χ1) is 10.0. The molecule has 0 aliphatic rings. The molecule has 0 fully saturated rings. The van der Waals surface area contributed by atoms with Gasteiger partial charge in [0.1, 0.15) is 5.75 Å². The van der Waals surface area contributed by atoms with Crippen molar-refractivity contribution >= 4 is 11.6 Å². The lowest BCUT2D eigenvalue weighted by Gasteiger charge is -2.20. The quantitative estimate of drug-likeness (QED) is 0.896. The molecule has 0 aliphatic carbocycles. The van der Waals surface area contributed by atoms with E-state index in [4.69, 9.17) is 16.3 Å². The van der Waals surface area contributed by atoms with Gasteiger partial charge in [0.2, 0.25) is 0 Å². The second-order valence-electron chi connectivity index (χ2n) is 4.68. The molecule has 1 N–H and O–H groups in total. The summed E-state index contributed by atoms with van der Waals surface area (Å²) in [6.07, 6.45) is 0.506. The van der Waals surface area contributed by atoms with Gasteiger partial charge in [0.15, 0.2) is 11.6 Å². The Bertz CT molecular complexity index is 634. The molecule has 1 unspecified atom stereocenters. The average molecular weight is 312 g/mol. The highest BCUT2D eigenvalue weighted by atomic mass is 35.5. The Kier molecular flexibility index (Phi) is 5.15. The van der Waals surface area contributed by atoms with E-state index in [9.17, 15) is 8.78 Å². The maximum Gasteiger partial charge on any atom is 0.159 e. The molecule has 112 valence electrons. The molecule has 0 amide bonds. The topological polar surface area (TPSA) is 21.3 Å². The van der Waals surface area contributed by atoms with Crippen LogP contribution in [0.4, 0.5) is 8.78 Å². The van der Waals surface area contributed by atoms with Crippen LogP contribution in [0, 0.1) is 11.6 Å². The van der Waals surface area contributed by atoms with Crippen LogP contribution in [0.25, 0.3) is 0 Å². The van der Waals surface area contributed by atoms with Crippen LogP contribution < -0.4 is 10.1 Å². The van der Waals surface area contributed by atoms with Gasteiger partial charge in [-0.1, -0.05) is 23.7 Å². The van der Waals surface area contributed by atoms with Crippen LogP contribution in [0.1, 0.15) is 17.2 Å². The molecule has 2 aromatic rings. The van der Waals surface area contributed by atoms with Crippen molar-refractivity contribution in [1.29, 1.82) is 0 Å². The van der Waals surface area contributed by atoms with Crippen LogP contribution in [-0.2, 0) is 6.42 Å². The number of hydrogen-bond donors (Lipinski definition) is 1. The molecule has 0 aromatic heterocycles. The molecule has 0 saturated carbocycles. The van der Waals surface area contributed by atoms with E-state index in [1.807, 2.05) is 6.07 Å². The first kappa shape index (κ1) is 15.7. The van der Waals surface area contributed by atoms with Crippen LogP contribution in [0.2, 0.25) is 5.02 Å². The first-order valence-electron chi connectivity index (χ1n) is 6.49. The van der Waals surface area contributed by atoms with Gasteiger partial charge >= 0.3 is 0 Å². The molecular formula is C16H16ClF2NO. The Hall–Kier alpha value is -1.65. The maximum absolute atomic E-state index is 13.3. The van der Waals surface area contributed by atoms with Crippen molar-refractivity contribution in [2.24, 2.45) is 0 Å². The highest BCUT2D eigenvalue weighted by molar-refractivity contribution is 6.30. The van der Waals surface area contributed by atoms with Gasteiger partial charge in [-0.05, 0) is 43.3 Å². The van der Waals surface area contributed by atoms with Gasteiger partial charge in [-0.2, -0.15) is 0 Å². The van der Waals surface area contributed by atoms with Crippen LogP contribution in [0.15, 0.2) is 36.4 Å². The number of methoxy groups -OCH3 is 1. The van der Waals surface area contributed by atoms with E-state index in [-0.39, 0.29) is 6.04 Å². The van der Waals surface area contributed by atoms with E-state index in [0.717, 1.165) is 11.6 Å². The summed E-state index contributed by atoms with van der Waals surface area (Å²) < 4.78 is 31.6. The van der Waals surface area contributed by atoms with Gasteiger partial charge < -0.3 is 10.1 Å². The zero-order valence-corrected chi connectivity index (χ0v) is 12.5. The van der Waals surface area contributed by atoms with Gasteiger partial charge in [0, 0.05) is 16.6 Å². The number of benzene rings is 2. The van der Waals surface area contributed by atoms with Gasteiger partial charge in [-0.25, -0.2) is 8.78 Å². The van der Waals surface area contributed by atoms with Crippen molar-refractivity contribution in [3.05, 3.63) is 64.2 Å². The Morgan fingerprint density at radius 3 is 2.52 bits per heavy atom. The predicted octanol–water partition coefficient (Wildman–Crippen LogP) is 4.13. The van der Waals surface area contributed by atoms with E-state index in [1.54, 1.807) is 32.4 Å². The zero-order chi connectivity index (χ0) is 15.4. The lowest BCUT2D eigenvalue weighted by molar-refractivity contribution is 0.401. The summed E-state index contributed by atoms with van der Waals surface area (Å²) in [5, 5.41) is 3.74. The summed E-state index contributed by atoms with van der Waals surface area (Å²) in [7, 11) is 3.37. The van der Waals surface area contributed by atoms with Crippen molar-refractivity contribution < 1.29 is 13.5 Å². The Morgan fingerprint density at radius 1 is 1.14 bits per heavy atom. The van der Waals surface area contributed by atoms with Crippen LogP contribution in [0.5, 0.6) is 5.75 Å². The molecule has 2 aromatic carbocycles. The van der Waals surface area contributed by atoms with Gasteiger partial charge in [0.05, 0.1) is 7.11 Å². The van der Waals surface area contributed by atoms with Crippen molar-refractivity contribution in [3.8, 4) is 5.75 Å². The molecule has 0 spiro atoms. The maximum atomic E-state index is 13.3. The normalized spacial score (nSPS) is 12.2. The second kappa shape index (κ2) is 6.87. The van der Waals surface area contributed by atoms with E-state index < -0.39 is 11.6 Å². The largest absolute Gasteiger partial charge is 0.496 e. The second-order valence-corrected chi connectivity index (χ2v) is 5.12. The van der Waals surface area contributed by atoms with Gasteiger partial charge in [0.25, 0.3) is 0 Å². The van der Waals surface area contributed by atoms with Crippen LogP contribution in [0.3, 0.4) is 0 Å². The molecule has 0 saturated heterocycles. The van der Waals surface area contributed by atoms with E-state index in [1.165, 1.54) is 6.07 Å². The summed E-state index contributed by atoms with van der Waals surface area (Å²) in [6.45, 7) is 0. The minimum atomic E-state index is -0.844. The molecule has 5 heteroatoms. The Morgan fingerprint density at radius 2 is 1.90 bits per heavy atom. The molecule has 0 aliphatic heterocycles. The fourth-order valence-corrected chi connectivity index (χ4v) is 2.40. The Balaban J connectivity index is 2.29. The molecular weight excluding hydrogens is 296 g/mol. The third-order valence-electron chi connectivity index (χ3n) is 3.34.